The first-order valence-electron chi connectivity index (χ1n) is 6.34. The topological polar surface area (TPSA) is 36.9 Å². The van der Waals surface area contributed by atoms with E-state index in [2.05, 4.69) is 15.9 Å². The molecule has 0 saturated carbocycles. The van der Waals surface area contributed by atoms with Gasteiger partial charge in [-0.15, -0.1) is 0 Å². The maximum Gasteiger partial charge on any atom is 0.165 e. The average molecular weight is 368 g/mol. The molecule has 0 atom stereocenters. The van der Waals surface area contributed by atoms with Crippen LogP contribution < -0.4 is 9.47 Å². The Hall–Kier alpha value is -0.490. The van der Waals surface area contributed by atoms with E-state index in [1.165, 1.54) is 0 Å². The van der Waals surface area contributed by atoms with Crippen LogP contribution in [0.4, 0.5) is 0 Å². The summed E-state index contributed by atoms with van der Waals surface area (Å²) in [7, 11) is 3.26. The lowest BCUT2D eigenvalue weighted by Crippen LogP contribution is -2.08. The summed E-state index contributed by atoms with van der Waals surface area (Å²) >= 11 is 9.45. The van der Waals surface area contributed by atoms with Crippen molar-refractivity contribution >= 4 is 27.5 Å². The third-order valence-corrected chi connectivity index (χ3v) is 3.39. The molecule has 0 amide bonds. The molecule has 0 spiro atoms. The molecule has 0 saturated heterocycles. The second-order valence-electron chi connectivity index (χ2n) is 4.04. The molecule has 20 heavy (non-hydrogen) atoms. The van der Waals surface area contributed by atoms with Crippen LogP contribution in [0.25, 0.3) is 0 Å². The Morgan fingerprint density at radius 3 is 2.55 bits per heavy atom. The molecule has 1 aromatic rings. The average Bonchev–Trinajstić information content (AvgIpc) is 2.46. The van der Waals surface area contributed by atoms with E-state index in [1.54, 1.807) is 20.3 Å². The summed E-state index contributed by atoms with van der Waals surface area (Å²) in [5, 5.41) is 1.29. The first-order valence-corrected chi connectivity index (χ1v) is 7.84. The number of methoxy groups -OCH3 is 2. The molecule has 0 unspecified atom stereocenters. The quantitative estimate of drug-likeness (QED) is 0.467. The molecular formula is C14H20BrClO4. The van der Waals surface area contributed by atoms with E-state index in [-0.39, 0.29) is 0 Å². The van der Waals surface area contributed by atoms with Gasteiger partial charge in [0, 0.05) is 42.1 Å². The largest absolute Gasteiger partial charge is 0.493 e. The fourth-order valence-corrected chi connectivity index (χ4v) is 2.26. The number of hydrogen-bond donors (Lipinski definition) is 0. The number of halogens is 2. The van der Waals surface area contributed by atoms with Gasteiger partial charge >= 0.3 is 0 Å². The van der Waals surface area contributed by atoms with Crippen molar-refractivity contribution in [2.24, 2.45) is 0 Å². The summed E-state index contributed by atoms with van der Waals surface area (Å²) in [4.78, 5) is 0. The number of alkyl halides is 1. The van der Waals surface area contributed by atoms with Crippen LogP contribution in [0.15, 0.2) is 12.1 Å². The molecule has 0 aromatic heterocycles. The van der Waals surface area contributed by atoms with Gasteiger partial charge in [0.15, 0.2) is 11.5 Å². The predicted octanol–water partition coefficient (Wildman–Crippen LogP) is 3.68. The van der Waals surface area contributed by atoms with Gasteiger partial charge in [-0.25, -0.2) is 0 Å². The van der Waals surface area contributed by atoms with Crippen LogP contribution in [0.1, 0.15) is 12.0 Å². The molecule has 0 aliphatic rings. The molecule has 4 nitrogen and oxygen atoms in total. The monoisotopic (exact) mass is 366 g/mol. The molecule has 0 fully saturated rings. The van der Waals surface area contributed by atoms with Crippen LogP contribution in [-0.4, -0.2) is 40.6 Å². The van der Waals surface area contributed by atoms with Crippen molar-refractivity contribution in [2.45, 2.75) is 11.8 Å². The highest BCUT2D eigenvalue weighted by atomic mass is 79.9. The Kier molecular flexibility index (Phi) is 9.02. The summed E-state index contributed by atoms with van der Waals surface area (Å²) in [6.07, 6.45) is 0.803. The van der Waals surface area contributed by atoms with Gasteiger partial charge in [-0.1, -0.05) is 27.5 Å². The van der Waals surface area contributed by atoms with E-state index in [1.807, 2.05) is 6.07 Å². The van der Waals surface area contributed by atoms with Gasteiger partial charge in [-0.05, 0) is 6.07 Å². The lowest BCUT2D eigenvalue weighted by Gasteiger charge is -2.14. The van der Waals surface area contributed by atoms with E-state index in [4.69, 9.17) is 30.5 Å². The van der Waals surface area contributed by atoms with E-state index >= 15 is 0 Å². The zero-order valence-corrected chi connectivity index (χ0v) is 14.1. The second-order valence-corrected chi connectivity index (χ2v) is 5.03. The van der Waals surface area contributed by atoms with Crippen molar-refractivity contribution in [1.82, 2.24) is 0 Å². The Morgan fingerprint density at radius 1 is 1.10 bits per heavy atom. The number of rotatable bonds is 10. The molecule has 0 bridgehead atoms. The fourth-order valence-electron chi connectivity index (χ4n) is 1.62. The van der Waals surface area contributed by atoms with Crippen LogP contribution in [-0.2, 0) is 14.8 Å². The molecule has 1 rings (SSSR count). The number of benzene rings is 1. The summed E-state index contributed by atoms with van der Waals surface area (Å²) in [6, 6.07) is 3.61. The molecule has 0 heterocycles. The van der Waals surface area contributed by atoms with Crippen molar-refractivity contribution in [3.05, 3.63) is 22.7 Å². The summed E-state index contributed by atoms with van der Waals surface area (Å²) in [5.41, 5.74) is 0.967. The predicted molar refractivity (Wildman–Crippen MR) is 83.4 cm³/mol. The van der Waals surface area contributed by atoms with E-state index in [0.29, 0.717) is 42.5 Å². The van der Waals surface area contributed by atoms with Gasteiger partial charge in [0.1, 0.15) is 0 Å². The molecular weight excluding hydrogens is 348 g/mol. The van der Waals surface area contributed by atoms with Crippen molar-refractivity contribution in [1.29, 1.82) is 0 Å². The second kappa shape index (κ2) is 10.3. The lowest BCUT2D eigenvalue weighted by molar-refractivity contribution is 0.0642. The van der Waals surface area contributed by atoms with Gasteiger partial charge < -0.3 is 18.9 Å². The Bertz CT molecular complexity index is 376. The summed E-state index contributed by atoms with van der Waals surface area (Å²) < 4.78 is 21.4. The third-order valence-electron chi connectivity index (χ3n) is 2.57. The minimum Gasteiger partial charge on any atom is -0.493 e. The normalized spacial score (nSPS) is 10.6. The highest BCUT2D eigenvalue weighted by molar-refractivity contribution is 9.08. The smallest absolute Gasteiger partial charge is 0.165 e. The molecule has 0 aliphatic heterocycles. The molecule has 0 radical (unpaired) electrons. The van der Waals surface area contributed by atoms with Gasteiger partial charge in [-0.3, -0.25) is 0 Å². The van der Waals surface area contributed by atoms with Crippen LogP contribution >= 0.6 is 27.5 Å². The zero-order chi connectivity index (χ0) is 14.8. The Labute approximate surface area is 133 Å². The lowest BCUT2D eigenvalue weighted by atomic mass is 10.2. The maximum atomic E-state index is 6.02. The minimum atomic E-state index is 0.560. The van der Waals surface area contributed by atoms with E-state index < -0.39 is 0 Å². The zero-order valence-electron chi connectivity index (χ0n) is 11.8. The van der Waals surface area contributed by atoms with Crippen molar-refractivity contribution < 1.29 is 18.9 Å². The number of ether oxygens (including phenoxy) is 4. The van der Waals surface area contributed by atoms with Crippen molar-refractivity contribution in [3.63, 3.8) is 0 Å². The Morgan fingerprint density at radius 2 is 1.90 bits per heavy atom. The van der Waals surface area contributed by atoms with Crippen LogP contribution in [0.5, 0.6) is 11.5 Å². The van der Waals surface area contributed by atoms with E-state index in [9.17, 15) is 0 Å². The summed E-state index contributed by atoms with van der Waals surface area (Å²) in [6.45, 7) is 2.42. The van der Waals surface area contributed by atoms with Gasteiger partial charge in [0.25, 0.3) is 0 Å². The SMILES string of the molecule is COCCOCCCOc1c(CBr)cc(Cl)cc1OC. The molecule has 114 valence electrons. The first kappa shape index (κ1) is 17.6. The van der Waals surface area contributed by atoms with Crippen LogP contribution in [0.2, 0.25) is 5.02 Å². The van der Waals surface area contributed by atoms with Crippen LogP contribution in [0.3, 0.4) is 0 Å². The van der Waals surface area contributed by atoms with Gasteiger partial charge in [-0.2, -0.15) is 0 Å². The molecule has 1 aromatic carbocycles. The van der Waals surface area contributed by atoms with Crippen LogP contribution in [0, 0.1) is 0 Å². The number of hydrogen-bond acceptors (Lipinski definition) is 4. The Balaban J connectivity index is 2.46. The maximum absolute atomic E-state index is 6.02. The van der Waals surface area contributed by atoms with Crippen molar-refractivity contribution in [3.8, 4) is 11.5 Å². The molecule has 6 heteroatoms. The first-order chi connectivity index (χ1) is 9.72. The standard InChI is InChI=1S/C14H20BrClO4/c1-17-6-7-19-4-3-5-20-14-11(10-15)8-12(16)9-13(14)18-2/h8-9H,3-7,10H2,1-2H3. The minimum absolute atomic E-state index is 0.560. The van der Waals surface area contributed by atoms with Crippen molar-refractivity contribution in [2.75, 3.05) is 40.6 Å². The highest BCUT2D eigenvalue weighted by Crippen LogP contribution is 2.35. The third kappa shape index (κ3) is 5.87. The van der Waals surface area contributed by atoms with E-state index in [0.717, 1.165) is 17.7 Å². The van der Waals surface area contributed by atoms with Gasteiger partial charge in [0.05, 0.1) is 26.9 Å². The summed E-state index contributed by atoms with van der Waals surface area (Å²) in [5.74, 6) is 1.37. The molecule has 0 N–H and O–H groups in total. The van der Waals surface area contributed by atoms with Gasteiger partial charge in [0.2, 0.25) is 0 Å². The highest BCUT2D eigenvalue weighted by Gasteiger charge is 2.12. The fraction of sp³-hybridized carbons (Fsp3) is 0.571. The molecule has 0 aliphatic carbocycles.